The van der Waals surface area contributed by atoms with E-state index in [0.29, 0.717) is 23.7 Å². The second kappa shape index (κ2) is 12.2. The summed E-state index contributed by atoms with van der Waals surface area (Å²) in [5.74, 6) is -0.972. The van der Waals surface area contributed by atoms with Crippen molar-refractivity contribution in [2.24, 2.45) is 5.41 Å². The first kappa shape index (κ1) is 29.0. The van der Waals surface area contributed by atoms with Gasteiger partial charge in [0.05, 0.1) is 0 Å². The number of nitrogens with zero attached hydrogens (tertiary/aromatic N) is 2. The lowest BCUT2D eigenvalue weighted by molar-refractivity contribution is 0.0853. The van der Waals surface area contributed by atoms with Crippen molar-refractivity contribution in [2.75, 3.05) is 37.6 Å². The van der Waals surface area contributed by atoms with E-state index in [0.717, 1.165) is 58.1 Å². The van der Waals surface area contributed by atoms with Gasteiger partial charge in [-0.25, -0.2) is 13.2 Å². The quantitative estimate of drug-likeness (QED) is 0.355. The van der Waals surface area contributed by atoms with Crippen LogP contribution in [-0.2, 0) is 13.0 Å². The molecule has 4 nitrogen and oxygen atoms in total. The highest BCUT2D eigenvalue weighted by Gasteiger charge is 2.33. The van der Waals surface area contributed by atoms with Crippen molar-refractivity contribution in [1.82, 2.24) is 15.2 Å². The molecule has 0 aliphatic carbocycles. The van der Waals surface area contributed by atoms with Crippen LogP contribution in [0.15, 0.2) is 42.5 Å². The van der Waals surface area contributed by atoms with Crippen molar-refractivity contribution in [1.29, 1.82) is 0 Å². The van der Waals surface area contributed by atoms with E-state index in [1.54, 1.807) is 13.8 Å². The molecule has 40 heavy (non-hydrogen) atoms. The fraction of sp³-hybridized carbons (Fsp3) is 0.576. The molecule has 7 heteroatoms. The molecule has 2 saturated heterocycles. The molecule has 1 atom stereocenters. The van der Waals surface area contributed by atoms with Crippen LogP contribution in [0.3, 0.4) is 0 Å². The number of rotatable bonds is 3. The predicted octanol–water partition coefficient (Wildman–Crippen LogP) is 7.38. The Labute approximate surface area is 237 Å². The number of nitrogens with one attached hydrogen (secondary N) is 2. The van der Waals surface area contributed by atoms with Crippen LogP contribution in [0, 0.1) is 17.0 Å². The molecular formula is C33H45F3N4. The second-order valence-corrected chi connectivity index (χ2v) is 12.9. The Balaban J connectivity index is 0.000000162. The Morgan fingerprint density at radius 3 is 2.30 bits per heavy atom. The fourth-order valence-electron chi connectivity index (χ4n) is 7.07. The van der Waals surface area contributed by atoms with E-state index >= 15 is 0 Å². The van der Waals surface area contributed by atoms with Crippen molar-refractivity contribution in [3.05, 3.63) is 65.4 Å². The molecule has 2 aromatic carbocycles. The van der Waals surface area contributed by atoms with Gasteiger partial charge in [-0.05, 0) is 101 Å². The summed E-state index contributed by atoms with van der Waals surface area (Å²) in [6.45, 7) is 10.9. The smallest absolute Gasteiger partial charge is 0.128 e. The molecule has 0 bridgehead atoms. The SMILES string of the molecule is CC1Cc2c([nH]c3ccccc23)CN1CC(C)(C)F.Fc1cc(F)cc(N2CCCC3(CCCNC3)CCC2)c1. The minimum Gasteiger partial charge on any atom is -0.371 e. The average molecular weight is 555 g/mol. The number of hydrogen-bond donors (Lipinski definition) is 2. The van der Waals surface area contributed by atoms with E-state index in [2.05, 4.69) is 51.3 Å². The van der Waals surface area contributed by atoms with Crippen molar-refractivity contribution < 1.29 is 13.2 Å². The van der Waals surface area contributed by atoms with Gasteiger partial charge in [0, 0.05) is 67.1 Å². The fourth-order valence-corrected chi connectivity index (χ4v) is 7.07. The van der Waals surface area contributed by atoms with Gasteiger partial charge in [-0.15, -0.1) is 0 Å². The molecule has 2 N–H and O–H groups in total. The molecule has 4 heterocycles. The Morgan fingerprint density at radius 2 is 1.65 bits per heavy atom. The lowest BCUT2D eigenvalue weighted by atomic mass is 9.73. The average Bonchev–Trinajstić information content (AvgIpc) is 3.23. The zero-order valence-electron chi connectivity index (χ0n) is 24.3. The number of aromatic nitrogens is 1. The van der Waals surface area contributed by atoms with Crippen molar-refractivity contribution >= 4 is 16.6 Å². The maximum Gasteiger partial charge on any atom is 0.128 e. The van der Waals surface area contributed by atoms with Gasteiger partial charge in [-0.3, -0.25) is 4.90 Å². The van der Waals surface area contributed by atoms with Crippen LogP contribution in [-0.4, -0.2) is 54.3 Å². The number of piperidine rings is 1. The van der Waals surface area contributed by atoms with Crippen LogP contribution >= 0.6 is 0 Å². The number of alkyl halides is 1. The van der Waals surface area contributed by atoms with Gasteiger partial charge in [-0.1, -0.05) is 18.2 Å². The highest BCUT2D eigenvalue weighted by atomic mass is 19.1. The van der Waals surface area contributed by atoms with Crippen LogP contribution in [0.5, 0.6) is 0 Å². The van der Waals surface area contributed by atoms with E-state index in [4.69, 9.17) is 0 Å². The van der Waals surface area contributed by atoms with Crippen LogP contribution in [0.4, 0.5) is 18.9 Å². The van der Waals surface area contributed by atoms with E-state index in [1.807, 2.05) is 0 Å². The number of aromatic amines is 1. The minimum absolute atomic E-state index is 0.390. The standard InChI is InChI=1S/C17H24F2N2.C16H21FN2/c18-14-10-15(19)12-16(11-14)21-8-2-5-17(6-3-9-21)4-1-7-20-13-17;1-11-8-13-12-6-4-5-7-14(12)18-15(13)9-19(11)10-16(2,3)17/h10-12,20H,1-9,13H2;4-7,11,18H,8-10H2,1-3H3. The second-order valence-electron chi connectivity index (χ2n) is 12.9. The lowest BCUT2D eigenvalue weighted by Crippen LogP contribution is -2.44. The van der Waals surface area contributed by atoms with Crippen LogP contribution in [0.1, 0.15) is 70.6 Å². The summed E-state index contributed by atoms with van der Waals surface area (Å²) in [6, 6.07) is 12.6. The van der Waals surface area contributed by atoms with E-state index in [9.17, 15) is 13.2 Å². The number of benzene rings is 2. The molecule has 6 rings (SSSR count). The first-order valence-electron chi connectivity index (χ1n) is 15.0. The Morgan fingerprint density at radius 1 is 0.975 bits per heavy atom. The molecule has 0 radical (unpaired) electrons. The minimum atomic E-state index is -1.14. The lowest BCUT2D eigenvalue weighted by Gasteiger charge is -2.41. The molecule has 3 aromatic rings. The first-order chi connectivity index (χ1) is 19.1. The molecule has 3 aliphatic rings. The van der Waals surface area contributed by atoms with E-state index in [1.165, 1.54) is 60.0 Å². The number of para-hydroxylation sites is 1. The summed E-state index contributed by atoms with van der Waals surface area (Å²) < 4.78 is 40.6. The summed E-state index contributed by atoms with van der Waals surface area (Å²) in [6.07, 6.45) is 8.23. The summed E-state index contributed by atoms with van der Waals surface area (Å²) in [5.41, 5.74) is 3.88. The summed E-state index contributed by atoms with van der Waals surface area (Å²) in [4.78, 5) is 7.86. The van der Waals surface area contributed by atoms with Gasteiger partial charge < -0.3 is 15.2 Å². The largest absolute Gasteiger partial charge is 0.371 e. The highest BCUT2D eigenvalue weighted by molar-refractivity contribution is 5.84. The molecule has 218 valence electrons. The van der Waals surface area contributed by atoms with E-state index in [-0.39, 0.29) is 0 Å². The first-order valence-corrected chi connectivity index (χ1v) is 15.0. The number of fused-ring (bicyclic) bond motifs is 3. The molecule has 1 unspecified atom stereocenters. The molecule has 0 amide bonds. The maximum atomic E-state index is 13.9. The number of anilines is 1. The number of halogens is 3. The Kier molecular flexibility index (Phi) is 8.81. The molecule has 2 fully saturated rings. The van der Waals surface area contributed by atoms with Crippen molar-refractivity contribution in [2.45, 2.75) is 84.0 Å². The molecule has 1 aromatic heterocycles. The van der Waals surface area contributed by atoms with Gasteiger partial charge in [0.15, 0.2) is 0 Å². The maximum absolute atomic E-state index is 13.9. The summed E-state index contributed by atoms with van der Waals surface area (Å²) in [5, 5.41) is 4.86. The third-order valence-corrected chi connectivity index (χ3v) is 9.01. The molecule has 0 saturated carbocycles. The zero-order chi connectivity index (χ0) is 28.3. The Bertz CT molecular complexity index is 1240. The Hall–Kier alpha value is -2.51. The number of H-pyrrole nitrogens is 1. The van der Waals surface area contributed by atoms with Gasteiger partial charge in [-0.2, -0.15) is 0 Å². The van der Waals surface area contributed by atoms with E-state index < -0.39 is 17.3 Å². The van der Waals surface area contributed by atoms with Crippen LogP contribution < -0.4 is 10.2 Å². The topological polar surface area (TPSA) is 34.3 Å². The van der Waals surface area contributed by atoms with Gasteiger partial charge in [0.2, 0.25) is 0 Å². The summed E-state index contributed by atoms with van der Waals surface area (Å²) >= 11 is 0. The normalized spacial score (nSPS) is 21.9. The van der Waals surface area contributed by atoms with Gasteiger partial charge in [0.25, 0.3) is 0 Å². The van der Waals surface area contributed by atoms with Crippen molar-refractivity contribution in [3.8, 4) is 0 Å². The monoisotopic (exact) mass is 554 g/mol. The molecular weight excluding hydrogens is 509 g/mol. The van der Waals surface area contributed by atoms with Crippen LogP contribution in [0.2, 0.25) is 0 Å². The molecule has 3 aliphatic heterocycles. The van der Waals surface area contributed by atoms with Gasteiger partial charge in [0.1, 0.15) is 17.3 Å². The van der Waals surface area contributed by atoms with Crippen LogP contribution in [0.25, 0.3) is 10.9 Å². The highest BCUT2D eigenvalue weighted by Crippen LogP contribution is 2.38. The van der Waals surface area contributed by atoms with Crippen molar-refractivity contribution in [3.63, 3.8) is 0 Å². The summed E-state index contributed by atoms with van der Waals surface area (Å²) in [7, 11) is 0. The zero-order valence-corrected chi connectivity index (χ0v) is 24.3. The van der Waals surface area contributed by atoms with Gasteiger partial charge >= 0.3 is 0 Å². The predicted molar refractivity (Wildman–Crippen MR) is 159 cm³/mol. The third-order valence-electron chi connectivity index (χ3n) is 9.01. The molecule has 1 spiro atoms. The number of hydrogen-bond acceptors (Lipinski definition) is 3. The third kappa shape index (κ3) is 7.03.